The Hall–Kier alpha value is -3.43. The number of hydrogen-bond donors (Lipinski definition) is 3. The number of anilines is 1. The summed E-state index contributed by atoms with van der Waals surface area (Å²) >= 11 is 6.19. The predicted molar refractivity (Wildman–Crippen MR) is 167 cm³/mol. The van der Waals surface area contributed by atoms with Gasteiger partial charge in [-0.3, -0.25) is 0 Å². The van der Waals surface area contributed by atoms with E-state index in [0.717, 1.165) is 42.1 Å². The molecule has 1 atom stereocenters. The molecule has 6 rings (SSSR count). The number of aromatic nitrogens is 1. The smallest absolute Gasteiger partial charge is 0.242 e. The largest absolute Gasteiger partial charge is 0.492 e. The second-order valence-electron chi connectivity index (χ2n) is 11.0. The Kier molecular flexibility index (Phi) is 8.49. The standard InChI is InChI=1S/C33H35ClN4O3S/c34-27-10-8-26(9-11-27)33(16-4-17-33)32-30-21-28(12-7-25(30)15-18-35-32)41-20-19-38-42(39,40)29-13-14-31(37-23-29)36-22-24-5-2-1-3-6-24/h1-3,5-14,21,23,32,35,38H,4,15-20,22H2,(H,36,37). The lowest BCUT2D eigenvalue weighted by molar-refractivity contribution is 0.164. The Morgan fingerprint density at radius 3 is 2.52 bits per heavy atom. The number of hydrogen-bond acceptors (Lipinski definition) is 6. The first kappa shape index (κ1) is 28.7. The number of sulfonamides is 1. The molecule has 0 amide bonds. The number of benzene rings is 3. The Balaban J connectivity index is 1.06. The van der Waals surface area contributed by atoms with E-state index in [2.05, 4.69) is 44.6 Å². The molecule has 218 valence electrons. The maximum absolute atomic E-state index is 12.8. The Morgan fingerprint density at radius 2 is 1.81 bits per heavy atom. The first-order valence-electron chi connectivity index (χ1n) is 14.4. The summed E-state index contributed by atoms with van der Waals surface area (Å²) in [5, 5.41) is 7.75. The lowest BCUT2D eigenvalue weighted by Crippen LogP contribution is -2.49. The van der Waals surface area contributed by atoms with Gasteiger partial charge in [-0.1, -0.05) is 66.6 Å². The van der Waals surface area contributed by atoms with E-state index < -0.39 is 10.0 Å². The van der Waals surface area contributed by atoms with Crippen molar-refractivity contribution < 1.29 is 13.2 Å². The maximum Gasteiger partial charge on any atom is 0.242 e. The van der Waals surface area contributed by atoms with Crippen molar-refractivity contribution in [2.75, 3.05) is 25.0 Å². The minimum absolute atomic E-state index is 0.0364. The first-order valence-corrected chi connectivity index (χ1v) is 16.3. The summed E-state index contributed by atoms with van der Waals surface area (Å²) in [5.41, 5.74) is 5.07. The molecule has 0 bridgehead atoms. The fourth-order valence-electron chi connectivity index (χ4n) is 6.06. The van der Waals surface area contributed by atoms with E-state index in [9.17, 15) is 8.42 Å². The summed E-state index contributed by atoms with van der Waals surface area (Å²) in [6.45, 7) is 1.90. The van der Waals surface area contributed by atoms with Crippen LogP contribution in [0.25, 0.3) is 0 Å². The minimum atomic E-state index is -3.71. The Bertz CT molecular complexity index is 1610. The molecule has 2 aliphatic rings. The quantitative estimate of drug-likeness (QED) is 0.182. The van der Waals surface area contributed by atoms with E-state index in [1.807, 2.05) is 48.5 Å². The Morgan fingerprint density at radius 1 is 1.00 bits per heavy atom. The second kappa shape index (κ2) is 12.4. The van der Waals surface area contributed by atoms with E-state index >= 15 is 0 Å². The number of halogens is 1. The summed E-state index contributed by atoms with van der Waals surface area (Å²) < 4.78 is 34.3. The van der Waals surface area contributed by atoms with Crippen molar-refractivity contribution in [1.29, 1.82) is 0 Å². The molecule has 1 saturated carbocycles. The SMILES string of the molecule is O=S(=O)(NCCOc1ccc2c(c1)C(C1(c3ccc(Cl)cc3)CCC1)NCC2)c1ccc(NCc2ccccc2)nc1. The van der Waals surface area contributed by atoms with Crippen molar-refractivity contribution in [3.05, 3.63) is 118 Å². The summed E-state index contributed by atoms with van der Waals surface area (Å²) in [7, 11) is -3.71. The predicted octanol–water partition coefficient (Wildman–Crippen LogP) is 6.01. The van der Waals surface area contributed by atoms with Gasteiger partial charge in [0.05, 0.1) is 0 Å². The molecule has 2 heterocycles. The van der Waals surface area contributed by atoms with Gasteiger partial charge in [-0.2, -0.15) is 0 Å². The van der Waals surface area contributed by atoms with Gasteiger partial charge in [0, 0.05) is 35.8 Å². The number of fused-ring (bicyclic) bond motifs is 1. The Labute approximate surface area is 252 Å². The summed E-state index contributed by atoms with van der Waals surface area (Å²) in [6.07, 6.45) is 5.78. The van der Waals surface area contributed by atoms with Crippen LogP contribution in [0.4, 0.5) is 5.82 Å². The number of nitrogens with zero attached hydrogens (tertiary/aromatic N) is 1. The van der Waals surface area contributed by atoms with Crippen LogP contribution >= 0.6 is 11.6 Å². The zero-order chi connectivity index (χ0) is 29.0. The molecule has 3 N–H and O–H groups in total. The van der Waals surface area contributed by atoms with Crippen LogP contribution in [0.5, 0.6) is 5.75 Å². The van der Waals surface area contributed by atoms with Crippen LogP contribution in [0, 0.1) is 0 Å². The molecule has 0 radical (unpaired) electrons. The van der Waals surface area contributed by atoms with Gasteiger partial charge in [-0.15, -0.1) is 0 Å². The minimum Gasteiger partial charge on any atom is -0.492 e. The average Bonchev–Trinajstić information content (AvgIpc) is 2.99. The van der Waals surface area contributed by atoms with Crippen LogP contribution in [-0.2, 0) is 28.4 Å². The average molecular weight is 603 g/mol. The summed E-state index contributed by atoms with van der Waals surface area (Å²) in [5.74, 6) is 1.35. The van der Waals surface area contributed by atoms with E-state index in [0.29, 0.717) is 12.4 Å². The number of pyridine rings is 1. The molecule has 0 saturated heterocycles. The molecule has 4 aromatic rings. The summed E-state index contributed by atoms with van der Waals surface area (Å²) in [6, 6.07) is 27.9. The molecule has 1 aromatic heterocycles. The normalized spacial score (nSPS) is 17.6. The lowest BCUT2D eigenvalue weighted by Gasteiger charge is -2.50. The zero-order valence-electron chi connectivity index (χ0n) is 23.4. The molecule has 1 unspecified atom stereocenters. The third kappa shape index (κ3) is 6.17. The van der Waals surface area contributed by atoms with Crippen LogP contribution in [0.15, 0.2) is 96.0 Å². The maximum atomic E-state index is 12.8. The molecule has 7 nitrogen and oxygen atoms in total. The van der Waals surface area contributed by atoms with Gasteiger partial charge in [0.2, 0.25) is 10.0 Å². The van der Waals surface area contributed by atoms with Crippen LogP contribution in [-0.4, -0.2) is 33.1 Å². The first-order chi connectivity index (χ1) is 20.4. The van der Waals surface area contributed by atoms with Gasteiger partial charge < -0.3 is 15.4 Å². The highest BCUT2D eigenvalue weighted by molar-refractivity contribution is 7.89. The number of nitrogens with one attached hydrogen (secondary N) is 3. The molecule has 1 aliphatic carbocycles. The molecule has 3 aromatic carbocycles. The van der Waals surface area contributed by atoms with Crippen molar-refractivity contribution in [3.8, 4) is 5.75 Å². The third-order valence-electron chi connectivity index (χ3n) is 8.41. The van der Waals surface area contributed by atoms with Crippen molar-refractivity contribution in [1.82, 2.24) is 15.0 Å². The molecule has 42 heavy (non-hydrogen) atoms. The van der Waals surface area contributed by atoms with E-state index in [1.165, 1.54) is 29.3 Å². The molecular weight excluding hydrogens is 568 g/mol. The van der Waals surface area contributed by atoms with Crippen LogP contribution in [0.3, 0.4) is 0 Å². The lowest BCUT2D eigenvalue weighted by atomic mass is 9.58. The van der Waals surface area contributed by atoms with Crippen LogP contribution in [0.2, 0.25) is 5.02 Å². The third-order valence-corrected chi connectivity index (χ3v) is 10.1. The molecular formula is C33H35ClN4O3S. The van der Waals surface area contributed by atoms with Gasteiger partial charge in [0.1, 0.15) is 23.1 Å². The van der Waals surface area contributed by atoms with E-state index in [1.54, 1.807) is 12.1 Å². The highest BCUT2D eigenvalue weighted by Gasteiger charge is 2.47. The molecule has 0 spiro atoms. The van der Waals surface area contributed by atoms with Gasteiger partial charge in [-0.05, 0) is 84.5 Å². The van der Waals surface area contributed by atoms with Gasteiger partial charge >= 0.3 is 0 Å². The molecule has 1 aliphatic heterocycles. The molecule has 1 fully saturated rings. The van der Waals surface area contributed by atoms with Crippen molar-refractivity contribution in [2.45, 2.75) is 48.6 Å². The monoisotopic (exact) mass is 602 g/mol. The van der Waals surface area contributed by atoms with Crippen molar-refractivity contribution >= 4 is 27.4 Å². The van der Waals surface area contributed by atoms with Crippen LogP contribution in [0.1, 0.15) is 47.6 Å². The van der Waals surface area contributed by atoms with E-state index in [4.69, 9.17) is 16.3 Å². The second-order valence-corrected chi connectivity index (χ2v) is 13.2. The zero-order valence-corrected chi connectivity index (χ0v) is 24.9. The summed E-state index contributed by atoms with van der Waals surface area (Å²) in [4.78, 5) is 4.38. The molecule has 9 heteroatoms. The van der Waals surface area contributed by atoms with Gasteiger partial charge in [0.15, 0.2) is 0 Å². The highest BCUT2D eigenvalue weighted by Crippen LogP contribution is 2.53. The van der Waals surface area contributed by atoms with Crippen LogP contribution < -0.4 is 20.1 Å². The van der Waals surface area contributed by atoms with Crippen molar-refractivity contribution in [2.24, 2.45) is 0 Å². The van der Waals surface area contributed by atoms with Gasteiger partial charge in [-0.25, -0.2) is 18.1 Å². The number of ether oxygens (including phenoxy) is 1. The topological polar surface area (TPSA) is 92.4 Å². The fourth-order valence-corrected chi connectivity index (χ4v) is 7.14. The number of rotatable bonds is 11. The van der Waals surface area contributed by atoms with Gasteiger partial charge in [0.25, 0.3) is 0 Å². The fraction of sp³-hybridized carbons (Fsp3) is 0.303. The van der Waals surface area contributed by atoms with Crippen molar-refractivity contribution in [3.63, 3.8) is 0 Å². The van der Waals surface area contributed by atoms with E-state index in [-0.39, 0.29) is 29.5 Å². The highest BCUT2D eigenvalue weighted by atomic mass is 35.5.